The molecule has 0 N–H and O–H groups in total. The van der Waals surface area contributed by atoms with E-state index in [0.717, 1.165) is 6.04 Å². The minimum Gasteiger partial charge on any atom is -0.346 e. The summed E-state index contributed by atoms with van der Waals surface area (Å²) in [5, 5.41) is 0. The fraction of sp³-hybridized carbons (Fsp3) is 0.826. The molecule has 0 radical (unpaired) electrons. The molecule has 0 aliphatic carbocycles. The van der Waals surface area contributed by atoms with Crippen LogP contribution < -0.4 is 0 Å². The molecule has 1 aliphatic heterocycles. The molecule has 0 spiro atoms. The van der Waals surface area contributed by atoms with Gasteiger partial charge < -0.3 is 4.57 Å². The number of aromatic nitrogens is 1. The lowest BCUT2D eigenvalue weighted by Crippen LogP contribution is -2.19. The molecule has 138 valence electrons. The number of hydrogen-bond acceptors (Lipinski definition) is 0. The normalized spacial score (nSPS) is 17.2. The van der Waals surface area contributed by atoms with Crippen LogP contribution in [0.5, 0.6) is 0 Å². The fourth-order valence-electron chi connectivity index (χ4n) is 4.38. The molecule has 1 aromatic heterocycles. The van der Waals surface area contributed by atoms with E-state index in [0.29, 0.717) is 0 Å². The lowest BCUT2D eigenvalue weighted by Gasteiger charge is -2.29. The summed E-state index contributed by atoms with van der Waals surface area (Å²) in [7, 11) is 0. The average Bonchev–Trinajstić information content (AvgIpc) is 3.02. The van der Waals surface area contributed by atoms with Crippen molar-refractivity contribution in [2.75, 3.05) is 0 Å². The third-order valence-corrected chi connectivity index (χ3v) is 5.85. The Morgan fingerprint density at radius 3 is 2.21 bits per heavy atom. The van der Waals surface area contributed by atoms with Gasteiger partial charge in [0, 0.05) is 17.4 Å². The Morgan fingerprint density at radius 2 is 1.50 bits per heavy atom. The molecule has 1 nitrogen and oxygen atoms in total. The first kappa shape index (κ1) is 19.6. The third-order valence-electron chi connectivity index (χ3n) is 5.85. The van der Waals surface area contributed by atoms with Gasteiger partial charge in [-0.05, 0) is 50.7 Å². The van der Waals surface area contributed by atoms with Crippen molar-refractivity contribution in [3.63, 3.8) is 0 Å². The number of fused-ring (bicyclic) bond motifs is 1. The largest absolute Gasteiger partial charge is 0.346 e. The van der Waals surface area contributed by atoms with Crippen molar-refractivity contribution in [3.8, 4) is 0 Å². The van der Waals surface area contributed by atoms with Crippen LogP contribution in [0.25, 0.3) is 0 Å². The highest BCUT2D eigenvalue weighted by atomic mass is 15.0. The van der Waals surface area contributed by atoms with Crippen LogP contribution in [-0.2, 0) is 12.8 Å². The monoisotopic (exact) mass is 331 g/mol. The van der Waals surface area contributed by atoms with Crippen molar-refractivity contribution in [1.82, 2.24) is 4.57 Å². The van der Waals surface area contributed by atoms with E-state index in [2.05, 4.69) is 30.5 Å². The predicted octanol–water partition coefficient (Wildman–Crippen LogP) is 7.63. The van der Waals surface area contributed by atoms with Crippen LogP contribution >= 0.6 is 0 Å². The molecule has 24 heavy (non-hydrogen) atoms. The summed E-state index contributed by atoms with van der Waals surface area (Å²) in [5.41, 5.74) is 3.24. The maximum atomic E-state index is 2.74. The van der Waals surface area contributed by atoms with Gasteiger partial charge in [-0.3, -0.25) is 0 Å². The number of aryl methyl sites for hydroxylation is 2. The van der Waals surface area contributed by atoms with Crippen LogP contribution in [0.15, 0.2) is 12.1 Å². The van der Waals surface area contributed by atoms with E-state index >= 15 is 0 Å². The molecule has 0 saturated heterocycles. The number of nitrogens with zero attached hydrogens (tertiary/aromatic N) is 1. The molecule has 0 bridgehead atoms. The molecule has 1 aliphatic rings. The molecule has 0 amide bonds. The molecule has 1 atom stereocenters. The second-order valence-electron chi connectivity index (χ2n) is 7.95. The highest BCUT2D eigenvalue weighted by molar-refractivity contribution is 5.20. The van der Waals surface area contributed by atoms with Crippen LogP contribution in [0.3, 0.4) is 0 Å². The second-order valence-corrected chi connectivity index (χ2v) is 7.95. The minimum atomic E-state index is 0.806. The van der Waals surface area contributed by atoms with E-state index < -0.39 is 0 Å². The Balaban J connectivity index is 1.66. The fourth-order valence-corrected chi connectivity index (χ4v) is 4.38. The van der Waals surface area contributed by atoms with E-state index in [1.807, 2.05) is 0 Å². The number of hydrogen-bond donors (Lipinski definition) is 0. The average molecular weight is 332 g/mol. The van der Waals surface area contributed by atoms with E-state index in [9.17, 15) is 0 Å². The van der Waals surface area contributed by atoms with Crippen molar-refractivity contribution in [2.45, 2.75) is 123 Å². The molecule has 2 heterocycles. The lowest BCUT2D eigenvalue weighted by molar-refractivity contribution is 0.356. The highest BCUT2D eigenvalue weighted by Gasteiger charge is 2.21. The van der Waals surface area contributed by atoms with Gasteiger partial charge in [-0.2, -0.15) is 0 Å². The maximum absolute atomic E-state index is 2.74. The van der Waals surface area contributed by atoms with Gasteiger partial charge in [0.2, 0.25) is 0 Å². The van der Waals surface area contributed by atoms with Gasteiger partial charge >= 0.3 is 0 Å². The first-order chi connectivity index (χ1) is 11.9. The molecular formula is C23H41N. The summed E-state index contributed by atoms with van der Waals surface area (Å²) in [4.78, 5) is 0. The van der Waals surface area contributed by atoms with E-state index in [-0.39, 0.29) is 0 Å². The van der Waals surface area contributed by atoms with Gasteiger partial charge in [0.15, 0.2) is 0 Å². The van der Waals surface area contributed by atoms with E-state index in [1.165, 1.54) is 103 Å². The Bertz CT molecular complexity index is 431. The molecule has 0 unspecified atom stereocenters. The zero-order valence-electron chi connectivity index (χ0n) is 16.5. The summed E-state index contributed by atoms with van der Waals surface area (Å²) in [6.07, 6.45) is 22.5. The topological polar surface area (TPSA) is 4.93 Å². The van der Waals surface area contributed by atoms with Crippen LogP contribution in [0.2, 0.25) is 0 Å². The quantitative estimate of drug-likeness (QED) is 0.327. The Kier molecular flexibility index (Phi) is 9.61. The van der Waals surface area contributed by atoms with Gasteiger partial charge in [-0.15, -0.1) is 0 Å². The van der Waals surface area contributed by atoms with Crippen LogP contribution in [0.1, 0.15) is 121 Å². The maximum Gasteiger partial charge on any atom is 0.0336 e. The first-order valence-corrected chi connectivity index (χ1v) is 11.1. The summed E-state index contributed by atoms with van der Waals surface area (Å²) >= 11 is 0. The molecule has 0 fully saturated rings. The van der Waals surface area contributed by atoms with Crippen LogP contribution in [0, 0.1) is 0 Å². The van der Waals surface area contributed by atoms with Gasteiger partial charge in [-0.25, -0.2) is 0 Å². The lowest BCUT2D eigenvalue weighted by atomic mass is 9.96. The SMILES string of the molecule is CCCCCCCCCCC[C@@H]1CCCc2ccc(CCCC)n21. The van der Waals surface area contributed by atoms with Crippen LogP contribution in [0.4, 0.5) is 0 Å². The Hall–Kier alpha value is -0.720. The first-order valence-electron chi connectivity index (χ1n) is 11.1. The smallest absolute Gasteiger partial charge is 0.0336 e. The van der Waals surface area contributed by atoms with Gasteiger partial charge in [-0.1, -0.05) is 78.1 Å². The van der Waals surface area contributed by atoms with Crippen molar-refractivity contribution in [2.24, 2.45) is 0 Å². The molecule has 2 rings (SSSR count). The molecule has 1 aromatic rings. The number of rotatable bonds is 13. The molecular weight excluding hydrogens is 290 g/mol. The summed E-state index contributed by atoms with van der Waals surface area (Å²) < 4.78 is 2.74. The van der Waals surface area contributed by atoms with E-state index in [1.54, 1.807) is 11.4 Å². The van der Waals surface area contributed by atoms with Crippen molar-refractivity contribution < 1.29 is 0 Å². The van der Waals surface area contributed by atoms with Gasteiger partial charge in [0.1, 0.15) is 0 Å². The second kappa shape index (κ2) is 11.8. The summed E-state index contributed by atoms with van der Waals surface area (Å²) in [6, 6.07) is 5.63. The van der Waals surface area contributed by atoms with Gasteiger partial charge in [0.05, 0.1) is 0 Å². The van der Waals surface area contributed by atoms with E-state index in [4.69, 9.17) is 0 Å². The van der Waals surface area contributed by atoms with Crippen LogP contribution in [-0.4, -0.2) is 4.57 Å². The van der Waals surface area contributed by atoms with Gasteiger partial charge in [0.25, 0.3) is 0 Å². The van der Waals surface area contributed by atoms with Crippen molar-refractivity contribution in [3.05, 3.63) is 23.5 Å². The standard InChI is InChI=1S/C23H41N/c1-3-5-7-8-9-10-11-12-13-16-21-17-14-18-23-20-19-22(24(21)23)15-6-4-2/h19-21H,3-18H2,1-2H3/t21-/m1/s1. The molecule has 1 heteroatoms. The summed E-state index contributed by atoms with van der Waals surface area (Å²) in [6.45, 7) is 4.61. The summed E-state index contributed by atoms with van der Waals surface area (Å²) in [5.74, 6) is 0. The predicted molar refractivity (Wildman–Crippen MR) is 107 cm³/mol. The third kappa shape index (κ3) is 6.30. The zero-order chi connectivity index (χ0) is 17.0. The molecule has 0 aromatic carbocycles. The van der Waals surface area contributed by atoms with Crippen molar-refractivity contribution >= 4 is 0 Å². The minimum absolute atomic E-state index is 0.806. The highest BCUT2D eigenvalue weighted by Crippen LogP contribution is 2.32. The Morgan fingerprint density at radius 1 is 0.833 bits per heavy atom. The zero-order valence-corrected chi connectivity index (χ0v) is 16.5. The number of unbranched alkanes of at least 4 members (excludes halogenated alkanes) is 9. The Labute approximate surface area is 151 Å². The van der Waals surface area contributed by atoms with Crippen molar-refractivity contribution in [1.29, 1.82) is 0 Å². The molecule has 0 saturated carbocycles.